The number of nitrogens with one attached hydrogen (secondary N) is 1. The zero-order chi connectivity index (χ0) is 18.6. The van der Waals surface area contributed by atoms with Crippen molar-refractivity contribution in [2.45, 2.75) is 45.1 Å². The molecule has 0 aliphatic carbocycles. The van der Waals surface area contributed by atoms with Crippen molar-refractivity contribution in [1.82, 2.24) is 19.4 Å². The molecule has 0 amide bonds. The van der Waals surface area contributed by atoms with E-state index in [2.05, 4.69) is 22.0 Å². The average molecular weight is 386 g/mol. The second-order valence-electron chi connectivity index (χ2n) is 7.93. The van der Waals surface area contributed by atoms with Gasteiger partial charge in [0.25, 0.3) is 0 Å². The number of hydrogen-bond acceptors (Lipinski definition) is 4. The zero-order valence-electron chi connectivity index (χ0n) is 16.4. The lowest BCUT2D eigenvalue weighted by Crippen LogP contribution is -2.43. The molecule has 7 nitrogen and oxygen atoms in total. The predicted octanol–water partition coefficient (Wildman–Crippen LogP) is 0.794. The van der Waals surface area contributed by atoms with Crippen molar-refractivity contribution in [2.24, 2.45) is 10.9 Å². The molecule has 0 aromatic heterocycles. The van der Waals surface area contributed by atoms with Gasteiger partial charge in [-0.2, -0.15) is 0 Å². The third-order valence-electron chi connectivity index (χ3n) is 6.00. The molecule has 0 radical (unpaired) electrons. The summed E-state index contributed by atoms with van der Waals surface area (Å²) in [6.45, 7) is 9.75. The molecule has 3 saturated heterocycles. The van der Waals surface area contributed by atoms with Crippen LogP contribution in [0.3, 0.4) is 0 Å². The van der Waals surface area contributed by atoms with Gasteiger partial charge in [-0.3, -0.25) is 9.89 Å². The number of piperidine rings is 1. The summed E-state index contributed by atoms with van der Waals surface area (Å²) in [5.74, 6) is 1.53. The normalized spacial score (nSPS) is 27.4. The molecule has 0 aromatic carbocycles. The highest BCUT2D eigenvalue weighted by molar-refractivity contribution is 7.88. The molecule has 3 aliphatic heterocycles. The van der Waals surface area contributed by atoms with Crippen LogP contribution in [0.2, 0.25) is 0 Å². The van der Waals surface area contributed by atoms with Gasteiger partial charge in [0.05, 0.1) is 6.26 Å². The highest BCUT2D eigenvalue weighted by Crippen LogP contribution is 2.22. The van der Waals surface area contributed by atoms with Crippen LogP contribution in [0.5, 0.6) is 0 Å². The molecular formula is C18H35N5O2S. The Morgan fingerprint density at radius 2 is 1.77 bits per heavy atom. The van der Waals surface area contributed by atoms with Gasteiger partial charge in [0.1, 0.15) is 0 Å². The number of hydrogen-bond donors (Lipinski definition) is 1. The molecule has 26 heavy (non-hydrogen) atoms. The SMILES string of the molecule is CCNC(=NCC1CCN(S(C)(=O)=O)CC1)N1CCC(N2CCCC2)C1. The van der Waals surface area contributed by atoms with Gasteiger partial charge in [0.2, 0.25) is 10.0 Å². The minimum atomic E-state index is -3.04. The van der Waals surface area contributed by atoms with E-state index in [1.165, 1.54) is 38.6 Å². The standard InChI is InChI=1S/C18H35N5O2S/c1-3-19-18(22-11-8-17(15-22)21-9-4-5-10-21)20-14-16-6-12-23(13-7-16)26(2,24)25/h16-17H,3-15H2,1-2H3,(H,19,20). The van der Waals surface area contributed by atoms with Crippen LogP contribution in [0.15, 0.2) is 4.99 Å². The van der Waals surface area contributed by atoms with E-state index in [0.29, 0.717) is 25.0 Å². The van der Waals surface area contributed by atoms with E-state index in [0.717, 1.165) is 45.0 Å². The summed E-state index contributed by atoms with van der Waals surface area (Å²) in [6, 6.07) is 0.680. The molecule has 3 rings (SSSR count). The van der Waals surface area contributed by atoms with Crippen LogP contribution in [0.25, 0.3) is 0 Å². The highest BCUT2D eigenvalue weighted by Gasteiger charge is 2.31. The van der Waals surface area contributed by atoms with Crippen LogP contribution in [0, 0.1) is 5.92 Å². The number of guanidine groups is 1. The molecule has 0 aromatic rings. The molecule has 0 bridgehead atoms. The minimum absolute atomic E-state index is 0.485. The maximum atomic E-state index is 11.6. The molecule has 3 heterocycles. The maximum absolute atomic E-state index is 11.6. The number of likely N-dealkylation sites (tertiary alicyclic amines) is 2. The molecule has 0 spiro atoms. The van der Waals surface area contributed by atoms with Crippen molar-refractivity contribution < 1.29 is 8.42 Å². The molecule has 8 heteroatoms. The topological polar surface area (TPSA) is 68.2 Å². The van der Waals surface area contributed by atoms with E-state index in [1.54, 1.807) is 4.31 Å². The Morgan fingerprint density at radius 1 is 1.08 bits per heavy atom. The van der Waals surface area contributed by atoms with Crippen LogP contribution in [-0.4, -0.2) is 93.1 Å². The van der Waals surface area contributed by atoms with Crippen LogP contribution >= 0.6 is 0 Å². The van der Waals surface area contributed by atoms with E-state index in [1.807, 2.05) is 0 Å². The van der Waals surface area contributed by atoms with E-state index >= 15 is 0 Å². The summed E-state index contributed by atoms with van der Waals surface area (Å²) < 4.78 is 24.9. The summed E-state index contributed by atoms with van der Waals surface area (Å²) in [5, 5.41) is 3.46. The largest absolute Gasteiger partial charge is 0.357 e. The third kappa shape index (κ3) is 5.10. The lowest BCUT2D eigenvalue weighted by atomic mass is 9.98. The molecule has 1 unspecified atom stereocenters. The van der Waals surface area contributed by atoms with Crippen molar-refractivity contribution in [1.29, 1.82) is 0 Å². The van der Waals surface area contributed by atoms with Crippen molar-refractivity contribution in [3.8, 4) is 0 Å². The Hall–Kier alpha value is -0.860. The summed E-state index contributed by atoms with van der Waals surface area (Å²) in [5.41, 5.74) is 0. The second-order valence-corrected chi connectivity index (χ2v) is 9.91. The van der Waals surface area contributed by atoms with Crippen molar-refractivity contribution in [2.75, 3.05) is 58.6 Å². The van der Waals surface area contributed by atoms with E-state index in [-0.39, 0.29) is 0 Å². The van der Waals surface area contributed by atoms with Gasteiger partial charge in [-0.1, -0.05) is 0 Å². The molecule has 1 atom stereocenters. The average Bonchev–Trinajstić information content (AvgIpc) is 3.29. The van der Waals surface area contributed by atoms with Crippen LogP contribution in [-0.2, 0) is 10.0 Å². The van der Waals surface area contributed by atoms with Crippen molar-refractivity contribution in [3.63, 3.8) is 0 Å². The summed E-state index contributed by atoms with van der Waals surface area (Å²) in [4.78, 5) is 9.97. The zero-order valence-corrected chi connectivity index (χ0v) is 17.2. The third-order valence-corrected chi connectivity index (χ3v) is 7.30. The van der Waals surface area contributed by atoms with E-state index in [4.69, 9.17) is 4.99 Å². The Morgan fingerprint density at radius 3 is 2.38 bits per heavy atom. The van der Waals surface area contributed by atoms with Crippen molar-refractivity contribution >= 4 is 16.0 Å². The van der Waals surface area contributed by atoms with Crippen molar-refractivity contribution in [3.05, 3.63) is 0 Å². The minimum Gasteiger partial charge on any atom is -0.357 e. The molecule has 3 fully saturated rings. The Labute approximate surface area is 158 Å². The Kier molecular flexibility index (Phi) is 6.80. The Balaban J connectivity index is 1.51. The van der Waals surface area contributed by atoms with Gasteiger partial charge in [-0.05, 0) is 58.0 Å². The van der Waals surface area contributed by atoms with Gasteiger partial charge >= 0.3 is 0 Å². The fourth-order valence-electron chi connectivity index (χ4n) is 4.40. The number of sulfonamides is 1. The van der Waals surface area contributed by atoms with E-state index < -0.39 is 10.0 Å². The molecule has 1 N–H and O–H groups in total. The van der Waals surface area contributed by atoms with Crippen LogP contribution in [0.1, 0.15) is 39.0 Å². The summed E-state index contributed by atoms with van der Waals surface area (Å²) in [6.07, 6.45) is 7.04. The molecule has 150 valence electrons. The highest BCUT2D eigenvalue weighted by atomic mass is 32.2. The number of nitrogens with zero attached hydrogens (tertiary/aromatic N) is 4. The number of rotatable bonds is 5. The smallest absolute Gasteiger partial charge is 0.211 e. The summed E-state index contributed by atoms with van der Waals surface area (Å²) in [7, 11) is -3.04. The van der Waals surface area contributed by atoms with Gasteiger partial charge in [-0.15, -0.1) is 0 Å². The first-order valence-corrected chi connectivity index (χ1v) is 12.0. The molecular weight excluding hydrogens is 350 g/mol. The van der Waals surface area contributed by atoms with E-state index in [9.17, 15) is 8.42 Å². The summed E-state index contributed by atoms with van der Waals surface area (Å²) >= 11 is 0. The Bertz CT molecular complexity index is 580. The fourth-order valence-corrected chi connectivity index (χ4v) is 5.28. The first-order chi connectivity index (χ1) is 12.5. The van der Waals surface area contributed by atoms with Gasteiger partial charge in [0.15, 0.2) is 5.96 Å². The number of aliphatic imine (C=N–C) groups is 1. The predicted molar refractivity (Wildman–Crippen MR) is 106 cm³/mol. The molecule has 0 saturated carbocycles. The first kappa shape index (κ1) is 19.9. The van der Waals surface area contributed by atoms with Crippen LogP contribution < -0.4 is 5.32 Å². The van der Waals surface area contributed by atoms with Gasteiger partial charge in [-0.25, -0.2) is 12.7 Å². The lowest BCUT2D eigenvalue weighted by molar-refractivity contribution is 0.249. The van der Waals surface area contributed by atoms with Gasteiger partial charge in [0, 0.05) is 45.3 Å². The quantitative estimate of drug-likeness (QED) is 0.560. The monoisotopic (exact) mass is 385 g/mol. The lowest BCUT2D eigenvalue weighted by Gasteiger charge is -2.30. The maximum Gasteiger partial charge on any atom is 0.211 e. The van der Waals surface area contributed by atoms with Crippen LogP contribution in [0.4, 0.5) is 0 Å². The second kappa shape index (κ2) is 8.89. The first-order valence-electron chi connectivity index (χ1n) is 10.2. The molecule has 3 aliphatic rings. The van der Waals surface area contributed by atoms with Gasteiger partial charge < -0.3 is 10.2 Å². The fraction of sp³-hybridized carbons (Fsp3) is 0.944.